The molecule has 0 radical (unpaired) electrons. The van der Waals surface area contributed by atoms with Crippen molar-refractivity contribution >= 4 is 11.7 Å². The van der Waals surface area contributed by atoms with E-state index in [0.29, 0.717) is 17.9 Å². The van der Waals surface area contributed by atoms with E-state index in [9.17, 15) is 9.59 Å². The fourth-order valence-electron chi connectivity index (χ4n) is 1.71. The van der Waals surface area contributed by atoms with Gasteiger partial charge in [-0.25, -0.2) is 10.4 Å². The Morgan fingerprint density at radius 3 is 2.89 bits per heavy atom. The molecule has 3 N–H and O–H groups in total. The molecule has 0 bridgehead atoms. The van der Waals surface area contributed by atoms with Crippen LogP contribution in [0.3, 0.4) is 0 Å². The number of aromatic nitrogens is 4. The van der Waals surface area contributed by atoms with Crippen LogP contribution in [0.5, 0.6) is 0 Å². The van der Waals surface area contributed by atoms with E-state index in [2.05, 4.69) is 10.1 Å². The molecule has 18 heavy (non-hydrogen) atoms. The molecule has 0 saturated carbocycles. The summed E-state index contributed by atoms with van der Waals surface area (Å²) in [6.45, 7) is 4.17. The molecule has 0 aliphatic rings. The van der Waals surface area contributed by atoms with Gasteiger partial charge in [0, 0.05) is 18.3 Å². The van der Waals surface area contributed by atoms with E-state index in [4.69, 9.17) is 5.84 Å². The van der Waals surface area contributed by atoms with Crippen LogP contribution in [-0.2, 0) is 6.54 Å². The van der Waals surface area contributed by atoms with Crippen LogP contribution in [-0.4, -0.2) is 25.1 Å². The lowest BCUT2D eigenvalue weighted by molar-refractivity contribution is 0.0943. The molecule has 0 aromatic carbocycles. The third kappa shape index (κ3) is 1.86. The second kappa shape index (κ2) is 4.57. The van der Waals surface area contributed by atoms with Crippen molar-refractivity contribution in [1.82, 2.24) is 24.6 Å². The summed E-state index contributed by atoms with van der Waals surface area (Å²) in [6.07, 6.45) is 2.33. The highest BCUT2D eigenvalue weighted by atomic mass is 16.2. The third-order valence-electron chi connectivity index (χ3n) is 2.53. The highest BCUT2D eigenvalue weighted by Gasteiger charge is 2.15. The topological polar surface area (TPSA) is 107 Å². The number of carbonyl (C=O) groups excluding carboxylic acids is 1. The Labute approximate surface area is 102 Å². The molecule has 0 atom stereocenters. The van der Waals surface area contributed by atoms with E-state index in [0.717, 1.165) is 6.42 Å². The van der Waals surface area contributed by atoms with Crippen LogP contribution in [0, 0.1) is 6.92 Å². The zero-order valence-electron chi connectivity index (χ0n) is 10.2. The normalized spacial score (nSPS) is 10.8. The van der Waals surface area contributed by atoms with Gasteiger partial charge in [-0.1, -0.05) is 6.92 Å². The summed E-state index contributed by atoms with van der Waals surface area (Å²) in [7, 11) is 0. The SMILES string of the molecule is CCCn1c(=O)c(C)cn2nc(C(=O)NN)nc12. The van der Waals surface area contributed by atoms with E-state index >= 15 is 0 Å². The lowest BCUT2D eigenvalue weighted by atomic mass is 10.3. The number of nitrogens with one attached hydrogen (secondary N) is 1. The third-order valence-corrected chi connectivity index (χ3v) is 2.53. The quantitative estimate of drug-likeness (QED) is 0.422. The lowest BCUT2D eigenvalue weighted by Crippen LogP contribution is -2.30. The average Bonchev–Trinajstić information content (AvgIpc) is 2.77. The second-order valence-electron chi connectivity index (χ2n) is 3.92. The lowest BCUT2D eigenvalue weighted by Gasteiger charge is -2.05. The number of nitrogens with two attached hydrogens (primary N) is 1. The Morgan fingerprint density at radius 2 is 2.28 bits per heavy atom. The predicted molar refractivity (Wildman–Crippen MR) is 63.9 cm³/mol. The molecule has 96 valence electrons. The Kier molecular flexibility index (Phi) is 3.11. The summed E-state index contributed by atoms with van der Waals surface area (Å²) in [4.78, 5) is 27.4. The molecule has 0 aliphatic carbocycles. The van der Waals surface area contributed by atoms with Gasteiger partial charge in [0.25, 0.3) is 5.56 Å². The number of nitrogens with zero attached hydrogens (tertiary/aromatic N) is 4. The average molecular weight is 250 g/mol. The summed E-state index contributed by atoms with van der Waals surface area (Å²) in [5, 5.41) is 3.98. The van der Waals surface area contributed by atoms with E-state index in [1.165, 1.54) is 9.08 Å². The fourth-order valence-corrected chi connectivity index (χ4v) is 1.71. The van der Waals surface area contributed by atoms with Gasteiger partial charge in [-0.2, -0.15) is 4.98 Å². The van der Waals surface area contributed by atoms with Crippen LogP contribution in [0.1, 0.15) is 29.5 Å². The molecular weight excluding hydrogens is 236 g/mol. The molecular formula is C10H14N6O2. The van der Waals surface area contributed by atoms with Gasteiger partial charge in [0.1, 0.15) is 0 Å². The van der Waals surface area contributed by atoms with E-state index in [-0.39, 0.29) is 11.4 Å². The first-order valence-corrected chi connectivity index (χ1v) is 5.56. The first-order valence-electron chi connectivity index (χ1n) is 5.56. The van der Waals surface area contributed by atoms with Crippen molar-refractivity contribution in [2.45, 2.75) is 26.8 Å². The summed E-state index contributed by atoms with van der Waals surface area (Å²) < 4.78 is 2.91. The highest BCUT2D eigenvalue weighted by molar-refractivity contribution is 5.90. The number of carbonyl (C=O) groups is 1. The molecule has 0 saturated heterocycles. The minimum atomic E-state index is -0.591. The number of nitrogen functional groups attached to an aromatic ring is 1. The van der Waals surface area contributed by atoms with E-state index < -0.39 is 5.91 Å². The molecule has 2 aromatic rings. The highest BCUT2D eigenvalue weighted by Crippen LogP contribution is 2.02. The molecule has 0 spiro atoms. The minimum Gasteiger partial charge on any atom is -0.287 e. The van der Waals surface area contributed by atoms with Gasteiger partial charge in [0.05, 0.1) is 0 Å². The smallest absolute Gasteiger partial charge is 0.287 e. The van der Waals surface area contributed by atoms with Crippen molar-refractivity contribution in [3.8, 4) is 0 Å². The largest absolute Gasteiger partial charge is 0.304 e. The van der Waals surface area contributed by atoms with Crippen LogP contribution < -0.4 is 16.8 Å². The van der Waals surface area contributed by atoms with Gasteiger partial charge in [0.15, 0.2) is 0 Å². The molecule has 8 nitrogen and oxygen atoms in total. The van der Waals surface area contributed by atoms with Gasteiger partial charge in [-0.3, -0.25) is 19.6 Å². The van der Waals surface area contributed by atoms with Crippen LogP contribution in [0.15, 0.2) is 11.0 Å². The van der Waals surface area contributed by atoms with E-state index in [1.807, 2.05) is 12.3 Å². The Morgan fingerprint density at radius 1 is 1.56 bits per heavy atom. The van der Waals surface area contributed by atoms with Crippen molar-refractivity contribution in [3.05, 3.63) is 27.9 Å². The molecule has 1 amide bonds. The van der Waals surface area contributed by atoms with Crippen LogP contribution in [0.4, 0.5) is 0 Å². The van der Waals surface area contributed by atoms with Gasteiger partial charge >= 0.3 is 5.91 Å². The van der Waals surface area contributed by atoms with Gasteiger partial charge in [0.2, 0.25) is 11.6 Å². The van der Waals surface area contributed by atoms with Crippen molar-refractivity contribution < 1.29 is 4.79 Å². The second-order valence-corrected chi connectivity index (χ2v) is 3.92. The first kappa shape index (κ1) is 12.2. The number of amides is 1. The van der Waals surface area contributed by atoms with Crippen molar-refractivity contribution in [2.75, 3.05) is 0 Å². The molecule has 8 heteroatoms. The number of aryl methyl sites for hydroxylation is 2. The van der Waals surface area contributed by atoms with Crippen LogP contribution in [0.25, 0.3) is 5.78 Å². The number of fused-ring (bicyclic) bond motifs is 1. The van der Waals surface area contributed by atoms with Crippen molar-refractivity contribution in [2.24, 2.45) is 5.84 Å². The number of hydrogen-bond donors (Lipinski definition) is 2. The maximum Gasteiger partial charge on any atom is 0.304 e. The standard InChI is InChI=1S/C10H14N6O2/c1-3-4-15-9(18)6(2)5-16-10(15)12-7(14-16)8(17)13-11/h5H,3-4,11H2,1-2H3,(H,13,17). The zero-order valence-corrected chi connectivity index (χ0v) is 10.2. The number of hydrazine groups is 1. The minimum absolute atomic E-state index is 0.0626. The van der Waals surface area contributed by atoms with Crippen LogP contribution in [0.2, 0.25) is 0 Å². The molecule has 0 fully saturated rings. The molecule has 2 heterocycles. The summed E-state index contributed by atoms with van der Waals surface area (Å²) >= 11 is 0. The van der Waals surface area contributed by atoms with Gasteiger partial charge in [-0.05, 0) is 13.3 Å². The van der Waals surface area contributed by atoms with Crippen molar-refractivity contribution in [1.29, 1.82) is 0 Å². The predicted octanol–water partition coefficient (Wildman–Crippen LogP) is -0.787. The van der Waals surface area contributed by atoms with Crippen molar-refractivity contribution in [3.63, 3.8) is 0 Å². The van der Waals surface area contributed by atoms with Gasteiger partial charge < -0.3 is 0 Å². The molecule has 0 unspecified atom stereocenters. The monoisotopic (exact) mass is 250 g/mol. The number of hydrogen-bond acceptors (Lipinski definition) is 5. The number of rotatable bonds is 3. The van der Waals surface area contributed by atoms with E-state index in [1.54, 1.807) is 13.1 Å². The maximum atomic E-state index is 12.0. The maximum absolute atomic E-state index is 12.0. The van der Waals surface area contributed by atoms with Crippen LogP contribution >= 0.6 is 0 Å². The zero-order chi connectivity index (χ0) is 13.3. The Hall–Kier alpha value is -2.22. The fraction of sp³-hybridized carbons (Fsp3) is 0.400. The van der Waals surface area contributed by atoms with Gasteiger partial charge in [-0.15, -0.1) is 5.10 Å². The Bertz CT molecular complexity index is 656. The molecule has 2 rings (SSSR count). The summed E-state index contributed by atoms with van der Waals surface area (Å²) in [5.74, 6) is 4.71. The molecule has 2 aromatic heterocycles. The first-order chi connectivity index (χ1) is 8.58. The Balaban J connectivity index is 2.71. The molecule has 0 aliphatic heterocycles. The summed E-state index contributed by atoms with van der Waals surface area (Å²) in [6, 6.07) is 0. The summed E-state index contributed by atoms with van der Waals surface area (Å²) in [5.41, 5.74) is 2.37.